The molecule has 0 amide bonds. The molecule has 0 atom stereocenters. The largest absolute Gasteiger partial charge is 0.508 e. The first kappa shape index (κ1) is 60.3. The maximum Gasteiger partial charge on any atom is 0.330 e. The fourth-order valence-corrected chi connectivity index (χ4v) is 13.9. The molecule has 87 heavy (non-hydrogen) atoms. The number of hydrogen-bond donors (Lipinski definition) is 4. The molecule has 12 aromatic rings. The summed E-state index contributed by atoms with van der Waals surface area (Å²) in [6.07, 6.45) is 5.66. The number of carboxylic acids is 1. The lowest BCUT2D eigenvalue weighted by Crippen LogP contribution is -2.02. The number of benzene rings is 9. The van der Waals surface area contributed by atoms with Crippen molar-refractivity contribution in [1.82, 2.24) is 0 Å². The first-order chi connectivity index (χ1) is 42.0. The van der Waals surface area contributed by atoms with E-state index in [0.717, 1.165) is 102 Å². The molecule has 14 heteroatoms. The lowest BCUT2D eigenvalue weighted by molar-refractivity contribution is -0.135. The number of aromatic hydroxyl groups is 3. The molecule has 3 heterocycles. The fraction of sp³-hybridized carbons (Fsp3) is 0.0548. The van der Waals surface area contributed by atoms with E-state index in [-0.39, 0.29) is 34.6 Å². The molecule has 0 bridgehead atoms. The Labute approximate surface area is 521 Å². The third-order valence-electron chi connectivity index (χ3n) is 14.4. The molecule has 0 spiro atoms. The van der Waals surface area contributed by atoms with Gasteiger partial charge in [-0.25, -0.2) is 9.59 Å². The molecule has 10 nitrogen and oxygen atoms in total. The summed E-state index contributed by atoms with van der Waals surface area (Å²) < 4.78 is 8.20. The number of esters is 1. The monoisotopic (exact) mass is 1260 g/mol. The third-order valence-corrected chi connectivity index (χ3v) is 18.4. The summed E-state index contributed by atoms with van der Waals surface area (Å²) in [6, 6.07) is 61.2. The van der Waals surface area contributed by atoms with E-state index in [2.05, 4.69) is 20.7 Å². The molecule has 12 rings (SSSR count). The minimum Gasteiger partial charge on any atom is -0.508 e. The van der Waals surface area contributed by atoms with Gasteiger partial charge in [0.2, 0.25) is 17.3 Å². The van der Waals surface area contributed by atoms with Crippen LogP contribution in [-0.4, -0.2) is 56.8 Å². The molecule has 0 unspecified atom stereocenters. The number of phenols is 3. The Morgan fingerprint density at radius 2 is 0.724 bits per heavy atom. The van der Waals surface area contributed by atoms with Gasteiger partial charge in [-0.15, -0.1) is 34.0 Å². The van der Waals surface area contributed by atoms with E-state index in [1.54, 1.807) is 42.5 Å². The molecular formula is C73H53BrO10S3. The van der Waals surface area contributed by atoms with Crippen LogP contribution in [0.2, 0.25) is 0 Å². The number of aryl methyl sites for hydroxylation is 3. The van der Waals surface area contributed by atoms with Crippen molar-refractivity contribution in [2.75, 3.05) is 7.11 Å². The van der Waals surface area contributed by atoms with Crippen molar-refractivity contribution < 1.29 is 49.1 Å². The Balaban J connectivity index is 0.000000145. The SMILES string of the molecule is COC(=O)/C=C/c1ccc(-c2c(C(=O)c3ccccc3C)sc3cc(O)ccc23)cc1.Cc1ccccc1C(=O)c1sc2cc(O)ccc2c1-c1ccc(/C=C/C(=O)O)cc1.Cc1ccccc1C(=O)c1sc2cc(O)ccc2c1-c1ccc(Br)cc1. The number of carbonyl (C=O) groups is 5. The van der Waals surface area contributed by atoms with Crippen molar-refractivity contribution in [2.24, 2.45) is 0 Å². The van der Waals surface area contributed by atoms with Crippen molar-refractivity contribution in [3.8, 4) is 50.6 Å². The number of halogens is 1. The van der Waals surface area contributed by atoms with Crippen LogP contribution in [0.3, 0.4) is 0 Å². The van der Waals surface area contributed by atoms with Crippen molar-refractivity contribution in [3.05, 3.63) is 276 Å². The highest BCUT2D eigenvalue weighted by Crippen LogP contribution is 2.45. The zero-order valence-electron chi connectivity index (χ0n) is 47.2. The average molecular weight is 1270 g/mol. The second-order valence-corrected chi connectivity index (χ2v) is 24.2. The molecule has 0 aliphatic carbocycles. The zero-order valence-corrected chi connectivity index (χ0v) is 51.2. The number of hydrogen-bond acceptors (Lipinski definition) is 12. The number of rotatable bonds is 13. The first-order valence-electron chi connectivity index (χ1n) is 27.2. The number of thiophene rings is 3. The van der Waals surface area contributed by atoms with E-state index in [1.165, 1.54) is 53.3 Å². The van der Waals surface area contributed by atoms with E-state index in [4.69, 9.17) is 5.11 Å². The van der Waals surface area contributed by atoms with Crippen LogP contribution in [0.1, 0.15) is 73.5 Å². The summed E-state index contributed by atoms with van der Waals surface area (Å²) in [4.78, 5) is 64.2. The summed E-state index contributed by atoms with van der Waals surface area (Å²) in [7, 11) is 1.34. The Morgan fingerprint density at radius 3 is 1.03 bits per heavy atom. The van der Waals surface area contributed by atoms with Gasteiger partial charge < -0.3 is 25.2 Å². The number of methoxy groups -OCH3 is 1. The van der Waals surface area contributed by atoms with Crippen LogP contribution >= 0.6 is 49.9 Å². The molecule has 0 saturated carbocycles. The molecule has 3 aromatic heterocycles. The summed E-state index contributed by atoms with van der Waals surface area (Å²) in [6.45, 7) is 5.79. The molecule has 0 aliphatic rings. The van der Waals surface area contributed by atoms with Crippen LogP contribution in [0.5, 0.6) is 17.2 Å². The van der Waals surface area contributed by atoms with Crippen LogP contribution in [-0.2, 0) is 14.3 Å². The summed E-state index contributed by atoms with van der Waals surface area (Å²) >= 11 is 7.63. The van der Waals surface area contributed by atoms with Crippen molar-refractivity contribution in [1.29, 1.82) is 0 Å². The second kappa shape index (κ2) is 26.6. The summed E-state index contributed by atoms with van der Waals surface area (Å²) in [5.41, 5.74) is 11.7. The number of carboxylic acid groups (broad SMARTS) is 1. The fourth-order valence-electron chi connectivity index (χ4n) is 9.98. The predicted molar refractivity (Wildman–Crippen MR) is 356 cm³/mol. The van der Waals surface area contributed by atoms with Gasteiger partial charge in [-0.05, 0) is 144 Å². The first-order valence-corrected chi connectivity index (χ1v) is 30.4. The smallest absolute Gasteiger partial charge is 0.330 e. The van der Waals surface area contributed by atoms with Gasteiger partial charge in [-0.3, -0.25) is 14.4 Å². The quantitative estimate of drug-likeness (QED) is 0.0494. The van der Waals surface area contributed by atoms with Crippen molar-refractivity contribution in [3.63, 3.8) is 0 Å². The third kappa shape index (κ3) is 13.5. The number of aliphatic carboxylic acids is 1. The minimum absolute atomic E-state index is 0.0155. The maximum absolute atomic E-state index is 13.5. The van der Waals surface area contributed by atoms with Gasteiger partial charge in [-0.1, -0.05) is 149 Å². The highest BCUT2D eigenvalue weighted by molar-refractivity contribution is 9.10. The lowest BCUT2D eigenvalue weighted by atomic mass is 9.96. The predicted octanol–water partition coefficient (Wildman–Crippen LogP) is 18.5. The Morgan fingerprint density at radius 1 is 0.414 bits per heavy atom. The molecule has 0 radical (unpaired) electrons. The van der Waals surface area contributed by atoms with E-state index in [0.29, 0.717) is 31.3 Å². The number of ketones is 3. The van der Waals surface area contributed by atoms with Gasteiger partial charge in [0.05, 0.1) is 21.7 Å². The highest BCUT2D eigenvalue weighted by atomic mass is 79.9. The summed E-state index contributed by atoms with van der Waals surface area (Å²) in [5, 5.41) is 41.3. The van der Waals surface area contributed by atoms with E-state index < -0.39 is 11.9 Å². The molecule has 0 aliphatic heterocycles. The van der Waals surface area contributed by atoms with Crippen molar-refractivity contribution >= 4 is 122 Å². The van der Waals surface area contributed by atoms with E-state index in [9.17, 15) is 39.3 Å². The lowest BCUT2D eigenvalue weighted by Gasteiger charge is -2.08. The van der Waals surface area contributed by atoms with Gasteiger partial charge in [0.15, 0.2) is 0 Å². The molecule has 4 N–H and O–H groups in total. The minimum atomic E-state index is -1.01. The normalized spacial score (nSPS) is 11.1. The molecule has 0 fully saturated rings. The molecular weight excluding hydrogens is 1210 g/mol. The standard InChI is InChI=1S/C26H20O4S.C25H18O4S.C22H15BrO2S/c1-16-5-3-4-6-20(16)25(29)26-24(21-13-12-19(27)15-22(21)31-26)18-10-7-17(8-11-18)9-14-23(28)30-2;1-15-4-2-3-5-19(15)24(29)25-23(20-12-11-18(26)14-21(20)30-25)17-9-6-16(7-10-17)8-13-22(27)28;1-13-4-2-3-5-17(13)21(25)22-20(14-6-8-15(23)9-7-14)18-11-10-16(24)12-19(18)26-22/h3-15,27H,1-2H3;2-14,26H,1H3,(H,27,28);2-12,24H,1H3/b14-9+;13-8+;. The zero-order chi connectivity index (χ0) is 61.5. The Hall–Kier alpha value is -9.83. The maximum atomic E-state index is 13.5. The van der Waals surface area contributed by atoms with Crippen molar-refractivity contribution in [2.45, 2.75) is 20.8 Å². The van der Waals surface area contributed by atoms with Crippen LogP contribution in [0.4, 0.5) is 0 Å². The van der Waals surface area contributed by atoms with Gasteiger partial charge in [-0.2, -0.15) is 0 Å². The Bertz CT molecular complexity index is 4680. The average Bonchev–Trinajstić information content (AvgIpc) is 1.73. The van der Waals surface area contributed by atoms with E-state index in [1.807, 2.05) is 185 Å². The van der Waals surface area contributed by atoms with Crippen LogP contribution in [0.25, 0.3) is 75.8 Å². The molecule has 430 valence electrons. The molecule has 0 saturated heterocycles. The summed E-state index contributed by atoms with van der Waals surface area (Å²) in [5.74, 6) is -0.981. The number of carbonyl (C=O) groups excluding carboxylic acids is 4. The molecule has 9 aromatic carbocycles. The highest BCUT2D eigenvalue weighted by Gasteiger charge is 2.26. The van der Waals surface area contributed by atoms with Gasteiger partial charge in [0.1, 0.15) is 17.2 Å². The number of fused-ring (bicyclic) bond motifs is 3. The van der Waals surface area contributed by atoms with Gasteiger partial charge >= 0.3 is 11.9 Å². The van der Waals surface area contributed by atoms with Crippen LogP contribution in [0, 0.1) is 20.8 Å². The number of phenolic OH excluding ortho intramolecular Hbond substituents is 3. The topological polar surface area (TPSA) is 176 Å². The van der Waals surface area contributed by atoms with Crippen LogP contribution in [0.15, 0.2) is 217 Å². The second-order valence-electron chi connectivity index (χ2n) is 20.2. The number of ether oxygens (including phenoxy) is 1. The van der Waals surface area contributed by atoms with Gasteiger partial charge in [0.25, 0.3) is 0 Å². The van der Waals surface area contributed by atoms with E-state index >= 15 is 0 Å². The van der Waals surface area contributed by atoms with Crippen LogP contribution < -0.4 is 0 Å². The van der Waals surface area contributed by atoms with Gasteiger partial charge in [0, 0.05) is 80.3 Å². The Kier molecular flexibility index (Phi) is 18.4.